The first-order chi connectivity index (χ1) is 8.12. The van der Waals surface area contributed by atoms with Crippen molar-refractivity contribution in [1.29, 1.82) is 0 Å². The predicted molar refractivity (Wildman–Crippen MR) is 71.1 cm³/mol. The molecule has 96 valence electrons. The van der Waals surface area contributed by atoms with Crippen molar-refractivity contribution in [2.75, 3.05) is 20.8 Å². The topological polar surface area (TPSA) is 38.7 Å². The van der Waals surface area contributed by atoms with Gasteiger partial charge in [-0.05, 0) is 24.1 Å². The summed E-state index contributed by atoms with van der Waals surface area (Å²) in [5.74, 6) is 2.02. The van der Waals surface area contributed by atoms with E-state index in [4.69, 9.17) is 9.47 Å². The summed E-state index contributed by atoms with van der Waals surface area (Å²) in [6.07, 6.45) is 0. The van der Waals surface area contributed by atoms with Gasteiger partial charge in [-0.3, -0.25) is 0 Å². The number of ether oxygens (including phenoxy) is 2. The Morgan fingerprint density at radius 2 is 1.94 bits per heavy atom. The van der Waals surface area contributed by atoms with Crippen LogP contribution >= 0.6 is 11.8 Å². The molecule has 1 aromatic carbocycles. The van der Waals surface area contributed by atoms with Gasteiger partial charge >= 0.3 is 0 Å². The van der Waals surface area contributed by atoms with Crippen molar-refractivity contribution in [3.05, 3.63) is 18.2 Å². The smallest absolute Gasteiger partial charge is 0.132 e. The summed E-state index contributed by atoms with van der Waals surface area (Å²) in [7, 11) is 3.29. The fraction of sp³-hybridized carbons (Fsp3) is 0.538. The second-order valence-electron chi connectivity index (χ2n) is 4.10. The molecular weight excluding hydrogens is 236 g/mol. The summed E-state index contributed by atoms with van der Waals surface area (Å²) >= 11 is 1.62. The Labute approximate surface area is 107 Å². The highest BCUT2D eigenvalue weighted by Gasteiger charge is 2.16. The van der Waals surface area contributed by atoms with Crippen molar-refractivity contribution < 1.29 is 14.6 Å². The van der Waals surface area contributed by atoms with E-state index in [1.807, 2.05) is 18.2 Å². The molecule has 0 saturated carbocycles. The van der Waals surface area contributed by atoms with Gasteiger partial charge in [0.1, 0.15) is 11.5 Å². The molecule has 0 spiro atoms. The van der Waals surface area contributed by atoms with E-state index < -0.39 is 0 Å². The van der Waals surface area contributed by atoms with Gasteiger partial charge in [0.15, 0.2) is 0 Å². The van der Waals surface area contributed by atoms with Crippen LogP contribution in [0.25, 0.3) is 0 Å². The van der Waals surface area contributed by atoms with E-state index >= 15 is 0 Å². The van der Waals surface area contributed by atoms with Crippen LogP contribution in [0.2, 0.25) is 0 Å². The summed E-state index contributed by atoms with van der Waals surface area (Å²) in [5, 5.41) is 9.52. The molecule has 0 aliphatic rings. The zero-order chi connectivity index (χ0) is 12.8. The summed E-state index contributed by atoms with van der Waals surface area (Å²) in [4.78, 5) is 1.000. The van der Waals surface area contributed by atoms with Gasteiger partial charge in [0, 0.05) is 5.25 Å². The van der Waals surface area contributed by atoms with Crippen molar-refractivity contribution >= 4 is 11.8 Å². The third-order valence-corrected chi connectivity index (χ3v) is 4.14. The highest BCUT2D eigenvalue weighted by Crippen LogP contribution is 2.37. The number of methoxy groups -OCH3 is 2. The van der Waals surface area contributed by atoms with Gasteiger partial charge in [-0.1, -0.05) is 13.8 Å². The van der Waals surface area contributed by atoms with Gasteiger partial charge in [0.25, 0.3) is 0 Å². The maximum Gasteiger partial charge on any atom is 0.132 e. The highest BCUT2D eigenvalue weighted by molar-refractivity contribution is 8.00. The first kappa shape index (κ1) is 14.2. The minimum absolute atomic E-state index is 0.155. The molecule has 0 saturated heterocycles. The quantitative estimate of drug-likeness (QED) is 0.794. The third-order valence-electron chi connectivity index (χ3n) is 2.57. The lowest BCUT2D eigenvalue weighted by atomic mass is 10.1. The van der Waals surface area contributed by atoms with Crippen molar-refractivity contribution in [2.45, 2.75) is 24.0 Å². The second kappa shape index (κ2) is 6.77. The maximum atomic E-state index is 9.35. The monoisotopic (exact) mass is 256 g/mol. The van der Waals surface area contributed by atoms with Crippen molar-refractivity contribution in [3.63, 3.8) is 0 Å². The molecule has 0 bridgehead atoms. The lowest BCUT2D eigenvalue weighted by molar-refractivity contribution is 0.275. The number of aliphatic hydroxyl groups excluding tert-OH is 1. The third kappa shape index (κ3) is 3.82. The summed E-state index contributed by atoms with van der Waals surface area (Å²) in [5.41, 5.74) is 0. The molecule has 0 radical (unpaired) electrons. The fourth-order valence-corrected chi connectivity index (χ4v) is 2.55. The standard InChI is InChI=1S/C13H20O3S/c1-9(2)13(8-14)17-12-7-10(15-3)5-6-11(12)16-4/h5-7,9,13-14H,8H2,1-4H3. The van der Waals surface area contributed by atoms with Crippen LogP contribution in [0.5, 0.6) is 11.5 Å². The molecule has 4 heteroatoms. The lowest BCUT2D eigenvalue weighted by Crippen LogP contribution is -2.15. The largest absolute Gasteiger partial charge is 0.497 e. The number of thioether (sulfide) groups is 1. The first-order valence-electron chi connectivity index (χ1n) is 5.62. The highest BCUT2D eigenvalue weighted by atomic mass is 32.2. The lowest BCUT2D eigenvalue weighted by Gasteiger charge is -2.19. The Bertz CT molecular complexity index is 353. The molecule has 0 aliphatic carbocycles. The van der Waals surface area contributed by atoms with Gasteiger partial charge in [0.05, 0.1) is 25.7 Å². The number of rotatable bonds is 6. The van der Waals surface area contributed by atoms with E-state index in [0.717, 1.165) is 16.4 Å². The van der Waals surface area contributed by atoms with Crippen molar-refractivity contribution in [1.82, 2.24) is 0 Å². The van der Waals surface area contributed by atoms with Gasteiger partial charge < -0.3 is 14.6 Å². The molecule has 0 aliphatic heterocycles. The summed E-state index contributed by atoms with van der Waals surface area (Å²) in [6.45, 7) is 4.35. The average Bonchev–Trinajstić information content (AvgIpc) is 2.35. The molecule has 17 heavy (non-hydrogen) atoms. The van der Waals surface area contributed by atoms with E-state index in [1.165, 1.54) is 0 Å². The van der Waals surface area contributed by atoms with Gasteiger partial charge in [-0.2, -0.15) is 0 Å². The van der Waals surface area contributed by atoms with Crippen LogP contribution in [0.15, 0.2) is 23.1 Å². The Balaban J connectivity index is 2.93. The summed E-state index contributed by atoms with van der Waals surface area (Å²) < 4.78 is 10.5. The van der Waals surface area contributed by atoms with Gasteiger partial charge in [0.2, 0.25) is 0 Å². The van der Waals surface area contributed by atoms with Crippen LogP contribution < -0.4 is 9.47 Å². The second-order valence-corrected chi connectivity index (χ2v) is 5.38. The minimum atomic E-state index is 0.155. The SMILES string of the molecule is COc1ccc(OC)c(SC(CO)C(C)C)c1. The molecule has 0 amide bonds. The Morgan fingerprint density at radius 3 is 2.41 bits per heavy atom. The van der Waals surface area contributed by atoms with Gasteiger partial charge in [-0.25, -0.2) is 0 Å². The van der Waals surface area contributed by atoms with E-state index in [-0.39, 0.29) is 11.9 Å². The summed E-state index contributed by atoms with van der Waals surface area (Å²) in [6, 6.07) is 5.69. The zero-order valence-corrected chi connectivity index (χ0v) is 11.6. The first-order valence-corrected chi connectivity index (χ1v) is 6.49. The Morgan fingerprint density at radius 1 is 1.24 bits per heavy atom. The Hall–Kier alpha value is -0.870. The molecule has 1 atom stereocenters. The molecule has 3 nitrogen and oxygen atoms in total. The normalized spacial score (nSPS) is 12.6. The molecule has 1 N–H and O–H groups in total. The maximum absolute atomic E-state index is 9.35. The average molecular weight is 256 g/mol. The van der Waals surface area contributed by atoms with Crippen molar-refractivity contribution in [2.24, 2.45) is 5.92 Å². The number of hydrogen-bond acceptors (Lipinski definition) is 4. The predicted octanol–water partition coefficient (Wildman–Crippen LogP) is 2.81. The van der Waals surface area contributed by atoms with E-state index in [9.17, 15) is 5.11 Å². The van der Waals surface area contributed by atoms with E-state index in [2.05, 4.69) is 13.8 Å². The van der Waals surface area contributed by atoms with Gasteiger partial charge in [-0.15, -0.1) is 11.8 Å². The molecule has 1 aromatic rings. The molecule has 1 unspecified atom stereocenters. The van der Waals surface area contributed by atoms with Crippen LogP contribution in [0, 0.1) is 5.92 Å². The van der Waals surface area contributed by atoms with Crippen molar-refractivity contribution in [3.8, 4) is 11.5 Å². The zero-order valence-electron chi connectivity index (χ0n) is 10.8. The fourth-order valence-electron chi connectivity index (χ4n) is 1.42. The van der Waals surface area contributed by atoms with Crippen LogP contribution in [-0.2, 0) is 0 Å². The van der Waals surface area contributed by atoms with Crippen LogP contribution in [0.4, 0.5) is 0 Å². The van der Waals surface area contributed by atoms with E-state index in [1.54, 1.807) is 26.0 Å². The van der Waals surface area contributed by atoms with Crippen LogP contribution in [0.1, 0.15) is 13.8 Å². The minimum Gasteiger partial charge on any atom is -0.497 e. The molecular formula is C13H20O3S. The Kier molecular flexibility index (Phi) is 5.65. The molecule has 0 aromatic heterocycles. The molecule has 0 fully saturated rings. The number of benzene rings is 1. The van der Waals surface area contributed by atoms with Crippen LogP contribution in [0.3, 0.4) is 0 Å². The number of hydrogen-bond donors (Lipinski definition) is 1. The molecule has 1 rings (SSSR count). The number of aliphatic hydroxyl groups is 1. The van der Waals surface area contributed by atoms with E-state index in [0.29, 0.717) is 5.92 Å². The van der Waals surface area contributed by atoms with Crippen LogP contribution in [-0.4, -0.2) is 31.2 Å². The molecule has 0 heterocycles.